The largest absolute Gasteiger partial charge is 0.355 e. The monoisotopic (exact) mass is 421 g/mol. The standard InChI is InChI=1S/C19H24ClN5O2S/c1-15-4-5-16(20)14-17(15)28(26,27)25-12-10-24(11-13-25)19-7-6-18(21-22-19)23-8-2-3-9-23/h4-7,14H,2-3,8-13H2,1H3. The van der Waals surface area contributed by atoms with Gasteiger partial charge in [0.2, 0.25) is 10.0 Å². The lowest BCUT2D eigenvalue weighted by molar-refractivity contribution is 0.383. The lowest BCUT2D eigenvalue weighted by atomic mass is 10.2. The van der Waals surface area contributed by atoms with Gasteiger partial charge in [-0.15, -0.1) is 10.2 Å². The molecule has 1 aromatic carbocycles. The van der Waals surface area contributed by atoms with Crippen molar-refractivity contribution >= 4 is 33.3 Å². The van der Waals surface area contributed by atoms with E-state index in [0.29, 0.717) is 36.8 Å². The Labute approximate surface area is 171 Å². The highest BCUT2D eigenvalue weighted by molar-refractivity contribution is 7.89. The van der Waals surface area contributed by atoms with Crippen LogP contribution in [0.15, 0.2) is 35.2 Å². The van der Waals surface area contributed by atoms with Crippen molar-refractivity contribution in [3.63, 3.8) is 0 Å². The average molecular weight is 422 g/mol. The summed E-state index contributed by atoms with van der Waals surface area (Å²) < 4.78 is 27.5. The zero-order valence-corrected chi connectivity index (χ0v) is 17.5. The molecule has 0 N–H and O–H groups in total. The Morgan fingerprint density at radius 2 is 1.43 bits per heavy atom. The number of nitrogens with zero attached hydrogens (tertiary/aromatic N) is 5. The number of piperazine rings is 1. The fourth-order valence-corrected chi connectivity index (χ4v) is 5.66. The molecule has 28 heavy (non-hydrogen) atoms. The summed E-state index contributed by atoms with van der Waals surface area (Å²) in [4.78, 5) is 4.61. The lowest BCUT2D eigenvalue weighted by Gasteiger charge is -2.34. The van der Waals surface area contributed by atoms with Crippen LogP contribution in [0.2, 0.25) is 5.02 Å². The first kappa shape index (κ1) is 19.4. The van der Waals surface area contributed by atoms with Crippen molar-refractivity contribution in [3.05, 3.63) is 40.9 Å². The van der Waals surface area contributed by atoms with Crippen molar-refractivity contribution in [3.8, 4) is 0 Å². The lowest BCUT2D eigenvalue weighted by Crippen LogP contribution is -2.49. The molecule has 2 aliphatic heterocycles. The van der Waals surface area contributed by atoms with Crippen LogP contribution in [0.25, 0.3) is 0 Å². The van der Waals surface area contributed by atoms with E-state index in [1.807, 2.05) is 12.1 Å². The Morgan fingerprint density at radius 1 is 0.857 bits per heavy atom. The second-order valence-corrected chi connectivity index (χ2v) is 9.59. The summed E-state index contributed by atoms with van der Waals surface area (Å²) in [5.74, 6) is 1.71. The Kier molecular flexibility index (Phi) is 5.44. The van der Waals surface area contributed by atoms with E-state index in [1.165, 1.54) is 23.2 Å². The summed E-state index contributed by atoms with van der Waals surface area (Å²) in [5, 5.41) is 9.15. The van der Waals surface area contributed by atoms with Gasteiger partial charge < -0.3 is 9.80 Å². The van der Waals surface area contributed by atoms with Gasteiger partial charge in [-0.2, -0.15) is 4.31 Å². The quantitative estimate of drug-likeness (QED) is 0.755. The SMILES string of the molecule is Cc1ccc(Cl)cc1S(=O)(=O)N1CCN(c2ccc(N3CCCC3)nn2)CC1. The van der Waals surface area contributed by atoms with Crippen molar-refractivity contribution in [1.82, 2.24) is 14.5 Å². The van der Waals surface area contributed by atoms with Gasteiger partial charge in [-0.3, -0.25) is 0 Å². The third kappa shape index (κ3) is 3.81. The van der Waals surface area contributed by atoms with Gasteiger partial charge in [0, 0.05) is 44.3 Å². The summed E-state index contributed by atoms with van der Waals surface area (Å²) in [5.41, 5.74) is 0.704. The van der Waals surface area contributed by atoms with Gasteiger partial charge in [0.05, 0.1) is 4.90 Å². The van der Waals surface area contributed by atoms with Gasteiger partial charge in [-0.05, 0) is 49.6 Å². The molecular weight excluding hydrogens is 398 g/mol. The minimum absolute atomic E-state index is 0.281. The van der Waals surface area contributed by atoms with Crippen molar-refractivity contribution in [2.45, 2.75) is 24.7 Å². The highest BCUT2D eigenvalue weighted by Gasteiger charge is 2.30. The van der Waals surface area contributed by atoms with E-state index in [1.54, 1.807) is 19.1 Å². The first-order valence-electron chi connectivity index (χ1n) is 9.55. The van der Waals surface area contributed by atoms with E-state index in [0.717, 1.165) is 24.7 Å². The van der Waals surface area contributed by atoms with Crippen LogP contribution in [0.3, 0.4) is 0 Å². The van der Waals surface area contributed by atoms with Crippen molar-refractivity contribution < 1.29 is 8.42 Å². The highest BCUT2D eigenvalue weighted by Crippen LogP contribution is 2.25. The van der Waals surface area contributed by atoms with E-state index in [2.05, 4.69) is 20.0 Å². The van der Waals surface area contributed by atoms with Gasteiger partial charge in [0.25, 0.3) is 0 Å². The molecule has 1 aromatic heterocycles. The Hall–Kier alpha value is -1.90. The van der Waals surface area contributed by atoms with Crippen molar-refractivity contribution in [2.24, 2.45) is 0 Å². The van der Waals surface area contributed by atoms with Crippen LogP contribution in [0, 0.1) is 6.92 Å². The molecule has 2 aromatic rings. The predicted molar refractivity (Wildman–Crippen MR) is 111 cm³/mol. The molecule has 150 valence electrons. The Balaban J connectivity index is 1.43. The van der Waals surface area contributed by atoms with Crippen molar-refractivity contribution in [2.75, 3.05) is 49.1 Å². The molecular formula is C19H24ClN5O2S. The predicted octanol–water partition coefficient (Wildman–Crippen LogP) is 2.55. The molecule has 7 nitrogen and oxygen atoms in total. The molecule has 4 rings (SSSR count). The number of halogens is 1. The maximum Gasteiger partial charge on any atom is 0.243 e. The number of sulfonamides is 1. The maximum absolute atomic E-state index is 13.0. The summed E-state index contributed by atoms with van der Waals surface area (Å²) in [6.07, 6.45) is 2.40. The molecule has 0 radical (unpaired) electrons. The molecule has 0 bridgehead atoms. The molecule has 2 fully saturated rings. The minimum atomic E-state index is -3.56. The molecule has 0 spiro atoms. The smallest absolute Gasteiger partial charge is 0.243 e. The van der Waals surface area contributed by atoms with Crippen LogP contribution < -0.4 is 9.80 Å². The summed E-state index contributed by atoms with van der Waals surface area (Å²) >= 11 is 6.01. The third-order valence-corrected chi connectivity index (χ3v) is 7.67. The van der Waals surface area contributed by atoms with E-state index < -0.39 is 10.0 Å². The zero-order chi connectivity index (χ0) is 19.7. The van der Waals surface area contributed by atoms with Gasteiger partial charge in [-0.1, -0.05) is 17.7 Å². The molecule has 9 heteroatoms. The van der Waals surface area contributed by atoms with E-state index >= 15 is 0 Å². The van der Waals surface area contributed by atoms with E-state index in [4.69, 9.17) is 11.6 Å². The molecule has 2 aliphatic rings. The number of hydrogen-bond acceptors (Lipinski definition) is 6. The normalized spacial score (nSPS) is 18.6. The average Bonchev–Trinajstić information content (AvgIpc) is 3.25. The Bertz CT molecular complexity index is 937. The van der Waals surface area contributed by atoms with Crippen molar-refractivity contribution in [1.29, 1.82) is 0 Å². The van der Waals surface area contributed by atoms with Crippen LogP contribution in [0.4, 0.5) is 11.6 Å². The number of aromatic nitrogens is 2. The van der Waals surface area contributed by atoms with Crippen LogP contribution >= 0.6 is 11.6 Å². The zero-order valence-electron chi connectivity index (χ0n) is 15.9. The second-order valence-electron chi connectivity index (χ2n) is 7.24. The van der Waals surface area contributed by atoms with Crippen LogP contribution in [-0.4, -0.2) is 62.2 Å². The summed E-state index contributed by atoms with van der Waals surface area (Å²) in [6, 6.07) is 8.96. The van der Waals surface area contributed by atoms with Crippen LogP contribution in [-0.2, 0) is 10.0 Å². The minimum Gasteiger partial charge on any atom is -0.355 e. The number of benzene rings is 1. The molecule has 2 saturated heterocycles. The number of hydrogen-bond donors (Lipinski definition) is 0. The second kappa shape index (κ2) is 7.85. The van der Waals surface area contributed by atoms with Gasteiger partial charge >= 0.3 is 0 Å². The molecule has 0 amide bonds. The summed E-state index contributed by atoms with van der Waals surface area (Å²) in [7, 11) is -3.56. The van der Waals surface area contributed by atoms with Gasteiger partial charge in [0.15, 0.2) is 11.6 Å². The van der Waals surface area contributed by atoms with Crippen LogP contribution in [0.5, 0.6) is 0 Å². The fourth-order valence-electron chi connectivity index (χ4n) is 3.75. The maximum atomic E-state index is 13.0. The summed E-state index contributed by atoms with van der Waals surface area (Å²) in [6.45, 7) is 5.83. The number of anilines is 2. The Morgan fingerprint density at radius 3 is 2.00 bits per heavy atom. The van der Waals surface area contributed by atoms with E-state index in [9.17, 15) is 8.42 Å². The molecule has 0 saturated carbocycles. The number of rotatable bonds is 4. The third-order valence-electron chi connectivity index (χ3n) is 5.40. The molecule has 0 unspecified atom stereocenters. The first-order chi connectivity index (χ1) is 13.4. The van der Waals surface area contributed by atoms with E-state index in [-0.39, 0.29) is 4.90 Å². The highest BCUT2D eigenvalue weighted by atomic mass is 35.5. The van der Waals surface area contributed by atoms with Crippen LogP contribution in [0.1, 0.15) is 18.4 Å². The van der Waals surface area contributed by atoms with Gasteiger partial charge in [-0.25, -0.2) is 8.42 Å². The molecule has 3 heterocycles. The topological polar surface area (TPSA) is 69.6 Å². The molecule has 0 aliphatic carbocycles. The van der Waals surface area contributed by atoms with Gasteiger partial charge in [0.1, 0.15) is 0 Å². The molecule has 0 atom stereocenters. The number of aryl methyl sites for hydroxylation is 1. The fraction of sp³-hybridized carbons (Fsp3) is 0.474. The first-order valence-corrected chi connectivity index (χ1v) is 11.4.